The smallest absolute Gasteiger partial charge is 0.258 e. The zero-order chi connectivity index (χ0) is 19.3. The molecule has 1 saturated heterocycles. The Morgan fingerprint density at radius 1 is 1.14 bits per heavy atom. The maximum absolute atomic E-state index is 12.5. The maximum atomic E-state index is 12.5. The first-order chi connectivity index (χ1) is 13.7. The molecule has 0 saturated carbocycles. The Morgan fingerprint density at radius 3 is 2.68 bits per heavy atom. The van der Waals surface area contributed by atoms with Gasteiger partial charge in [-0.15, -0.1) is 5.10 Å². The second-order valence-corrected chi connectivity index (χ2v) is 7.94. The van der Waals surface area contributed by atoms with Gasteiger partial charge in [-0.05, 0) is 36.8 Å². The van der Waals surface area contributed by atoms with Crippen LogP contribution in [-0.2, 0) is 6.54 Å². The molecule has 0 unspecified atom stereocenters. The molecule has 2 N–H and O–H groups in total. The molecular formula is C20H22N6OS. The highest BCUT2D eigenvalue weighted by Gasteiger charge is 2.13. The van der Waals surface area contributed by atoms with Crippen LogP contribution in [0.4, 0.5) is 5.95 Å². The van der Waals surface area contributed by atoms with Crippen molar-refractivity contribution in [3.05, 3.63) is 59.3 Å². The summed E-state index contributed by atoms with van der Waals surface area (Å²) in [6.07, 6.45) is 0. The number of carbonyl (C=O) groups excluding carboxylic acids is 1. The van der Waals surface area contributed by atoms with E-state index in [0.29, 0.717) is 17.1 Å². The van der Waals surface area contributed by atoms with Gasteiger partial charge in [0.15, 0.2) is 5.82 Å². The van der Waals surface area contributed by atoms with Crippen LogP contribution in [0.3, 0.4) is 0 Å². The quantitative estimate of drug-likeness (QED) is 0.692. The van der Waals surface area contributed by atoms with Crippen LogP contribution in [-0.4, -0.2) is 55.6 Å². The molecule has 1 aliphatic rings. The third-order valence-electron chi connectivity index (χ3n) is 4.57. The number of amides is 1. The fourth-order valence-electron chi connectivity index (χ4n) is 3.06. The van der Waals surface area contributed by atoms with Crippen LogP contribution in [0.25, 0.3) is 11.5 Å². The SMILES string of the molecule is Cc1cccc(-c2nc(NC(=O)c3ccc(CN4CCSCC4)cc3)n[nH]2)n1. The number of aryl methyl sites for hydroxylation is 1. The lowest BCUT2D eigenvalue weighted by Crippen LogP contribution is -2.31. The molecule has 0 bridgehead atoms. The molecule has 0 radical (unpaired) electrons. The fraction of sp³-hybridized carbons (Fsp3) is 0.300. The van der Waals surface area contributed by atoms with Crippen LogP contribution in [0.5, 0.6) is 0 Å². The molecule has 0 spiro atoms. The number of hydrogen-bond acceptors (Lipinski definition) is 6. The predicted molar refractivity (Wildman–Crippen MR) is 111 cm³/mol. The molecule has 1 aliphatic heterocycles. The van der Waals surface area contributed by atoms with Crippen molar-refractivity contribution in [1.82, 2.24) is 25.1 Å². The zero-order valence-electron chi connectivity index (χ0n) is 15.7. The molecule has 1 aromatic carbocycles. The fourth-order valence-corrected chi connectivity index (χ4v) is 4.04. The Labute approximate surface area is 168 Å². The molecule has 7 nitrogen and oxygen atoms in total. The molecule has 1 fully saturated rings. The number of benzene rings is 1. The van der Waals surface area contributed by atoms with E-state index in [1.54, 1.807) is 0 Å². The lowest BCUT2D eigenvalue weighted by molar-refractivity contribution is 0.102. The standard InChI is InChI=1S/C20H22N6OS/c1-14-3-2-4-17(21-14)18-22-20(25-24-18)23-19(27)16-7-5-15(6-8-16)13-26-9-11-28-12-10-26/h2-8H,9-13H2,1H3,(H2,22,23,24,25,27). The summed E-state index contributed by atoms with van der Waals surface area (Å²) in [5.41, 5.74) is 3.38. The first-order valence-corrected chi connectivity index (χ1v) is 10.4. The van der Waals surface area contributed by atoms with Crippen molar-refractivity contribution in [2.75, 3.05) is 29.9 Å². The average Bonchev–Trinajstić information content (AvgIpc) is 3.18. The normalized spacial score (nSPS) is 14.8. The van der Waals surface area contributed by atoms with Gasteiger partial charge < -0.3 is 0 Å². The summed E-state index contributed by atoms with van der Waals surface area (Å²) in [5, 5.41) is 9.61. The highest BCUT2D eigenvalue weighted by Crippen LogP contribution is 2.16. The maximum Gasteiger partial charge on any atom is 0.258 e. The van der Waals surface area contributed by atoms with Crippen molar-refractivity contribution < 1.29 is 4.79 Å². The Morgan fingerprint density at radius 2 is 1.93 bits per heavy atom. The Bertz CT molecular complexity index is 949. The summed E-state index contributed by atoms with van der Waals surface area (Å²) in [6.45, 7) is 5.08. The Kier molecular flexibility index (Phi) is 5.68. The van der Waals surface area contributed by atoms with Crippen LogP contribution in [0.1, 0.15) is 21.6 Å². The summed E-state index contributed by atoms with van der Waals surface area (Å²) >= 11 is 2.00. The zero-order valence-corrected chi connectivity index (χ0v) is 16.5. The molecule has 1 amide bonds. The van der Waals surface area contributed by atoms with Gasteiger partial charge in [-0.25, -0.2) is 4.98 Å². The van der Waals surface area contributed by atoms with Crippen molar-refractivity contribution in [3.8, 4) is 11.5 Å². The van der Waals surface area contributed by atoms with E-state index in [4.69, 9.17) is 0 Å². The van der Waals surface area contributed by atoms with Gasteiger partial charge in [-0.2, -0.15) is 16.7 Å². The summed E-state index contributed by atoms with van der Waals surface area (Å²) < 4.78 is 0. The number of aromatic nitrogens is 4. The van der Waals surface area contributed by atoms with E-state index in [-0.39, 0.29) is 11.9 Å². The van der Waals surface area contributed by atoms with E-state index in [1.165, 1.54) is 17.1 Å². The van der Waals surface area contributed by atoms with Gasteiger partial charge >= 0.3 is 0 Å². The second-order valence-electron chi connectivity index (χ2n) is 6.71. The summed E-state index contributed by atoms with van der Waals surface area (Å²) in [6, 6.07) is 13.4. The third kappa shape index (κ3) is 4.58. The topological polar surface area (TPSA) is 86.8 Å². The van der Waals surface area contributed by atoms with E-state index in [0.717, 1.165) is 25.3 Å². The number of hydrogen-bond donors (Lipinski definition) is 2. The number of nitrogens with zero attached hydrogens (tertiary/aromatic N) is 4. The number of carbonyl (C=O) groups is 1. The molecule has 28 heavy (non-hydrogen) atoms. The number of pyridine rings is 1. The van der Waals surface area contributed by atoms with Gasteiger partial charge in [0.1, 0.15) is 5.69 Å². The van der Waals surface area contributed by atoms with Gasteiger partial charge in [0, 0.05) is 42.4 Å². The number of rotatable bonds is 5. The summed E-state index contributed by atoms with van der Waals surface area (Å²) in [4.78, 5) is 23.6. The van der Waals surface area contributed by atoms with E-state index in [9.17, 15) is 4.79 Å². The molecular weight excluding hydrogens is 372 g/mol. The van der Waals surface area contributed by atoms with Gasteiger partial charge in [0.2, 0.25) is 5.95 Å². The summed E-state index contributed by atoms with van der Waals surface area (Å²) in [7, 11) is 0. The highest BCUT2D eigenvalue weighted by molar-refractivity contribution is 7.99. The van der Waals surface area contributed by atoms with Crippen LogP contribution in [0, 0.1) is 6.92 Å². The van der Waals surface area contributed by atoms with Crippen molar-refractivity contribution in [2.24, 2.45) is 0 Å². The molecule has 4 rings (SSSR count). The minimum absolute atomic E-state index is 0.233. The molecule has 3 aromatic rings. The highest BCUT2D eigenvalue weighted by atomic mass is 32.2. The third-order valence-corrected chi connectivity index (χ3v) is 5.51. The molecule has 0 atom stereocenters. The molecule has 8 heteroatoms. The Balaban J connectivity index is 1.38. The molecule has 3 heterocycles. The lowest BCUT2D eigenvalue weighted by Gasteiger charge is -2.26. The van der Waals surface area contributed by atoms with Gasteiger partial charge in [-0.1, -0.05) is 18.2 Å². The van der Waals surface area contributed by atoms with Gasteiger partial charge in [0.05, 0.1) is 0 Å². The monoisotopic (exact) mass is 394 g/mol. The van der Waals surface area contributed by atoms with Crippen molar-refractivity contribution in [2.45, 2.75) is 13.5 Å². The van der Waals surface area contributed by atoms with Crippen LogP contribution >= 0.6 is 11.8 Å². The molecule has 2 aromatic heterocycles. The van der Waals surface area contributed by atoms with E-state index < -0.39 is 0 Å². The molecule has 144 valence electrons. The van der Waals surface area contributed by atoms with Crippen LogP contribution < -0.4 is 5.32 Å². The lowest BCUT2D eigenvalue weighted by atomic mass is 10.1. The van der Waals surface area contributed by atoms with E-state index in [2.05, 4.69) is 30.4 Å². The number of anilines is 1. The molecule has 0 aliphatic carbocycles. The number of thioether (sulfide) groups is 1. The van der Waals surface area contributed by atoms with E-state index >= 15 is 0 Å². The van der Waals surface area contributed by atoms with E-state index in [1.807, 2.05) is 61.2 Å². The van der Waals surface area contributed by atoms with Gasteiger partial charge in [-0.3, -0.25) is 20.1 Å². The van der Waals surface area contributed by atoms with Crippen molar-refractivity contribution in [1.29, 1.82) is 0 Å². The number of nitrogens with one attached hydrogen (secondary N) is 2. The first-order valence-electron chi connectivity index (χ1n) is 9.24. The van der Waals surface area contributed by atoms with Crippen LogP contribution in [0.2, 0.25) is 0 Å². The Hall–Kier alpha value is -2.71. The number of aromatic amines is 1. The van der Waals surface area contributed by atoms with Crippen molar-refractivity contribution in [3.63, 3.8) is 0 Å². The van der Waals surface area contributed by atoms with Crippen molar-refractivity contribution >= 4 is 23.6 Å². The first kappa shape index (κ1) is 18.6. The average molecular weight is 395 g/mol. The minimum atomic E-state index is -0.233. The van der Waals surface area contributed by atoms with Crippen LogP contribution in [0.15, 0.2) is 42.5 Å². The predicted octanol–water partition coefficient (Wildman–Crippen LogP) is 2.98. The summed E-state index contributed by atoms with van der Waals surface area (Å²) in [5.74, 6) is 2.91. The van der Waals surface area contributed by atoms with Gasteiger partial charge in [0.25, 0.3) is 5.91 Å². The largest absolute Gasteiger partial charge is 0.297 e. The minimum Gasteiger partial charge on any atom is -0.297 e. The number of H-pyrrole nitrogens is 1. The second kappa shape index (κ2) is 8.53.